The Morgan fingerprint density at radius 3 is 2.28 bits per heavy atom. The largest absolute Gasteiger partial charge is 0.368 e. The number of H-pyrrole nitrogens is 2. The normalized spacial score (nSPS) is 22.3. The topological polar surface area (TPSA) is 283 Å². The Morgan fingerprint density at radius 1 is 1.00 bits per heavy atom. The van der Waals surface area contributed by atoms with Gasteiger partial charge in [-0.15, -0.1) is 0 Å². The molecule has 1 saturated carbocycles. The van der Waals surface area contributed by atoms with Crippen LogP contribution in [-0.4, -0.2) is 142 Å². The summed E-state index contributed by atoms with van der Waals surface area (Å²) in [5.41, 5.74) is 12.1. The fourth-order valence-electron chi connectivity index (χ4n) is 6.63. The summed E-state index contributed by atoms with van der Waals surface area (Å²) in [7, 11) is 0. The summed E-state index contributed by atoms with van der Waals surface area (Å²) in [6.07, 6.45) is 5.90. The van der Waals surface area contributed by atoms with E-state index in [4.69, 9.17) is 11.5 Å². The number of nitrogens with zero attached hydrogens (tertiary/aromatic N) is 7. The first-order valence-corrected chi connectivity index (χ1v) is 17.5. The third-order valence-electron chi connectivity index (χ3n) is 9.13. The van der Waals surface area contributed by atoms with Crippen LogP contribution in [0.1, 0.15) is 50.4 Å². The van der Waals surface area contributed by atoms with Crippen LogP contribution >= 0.6 is 11.8 Å². The van der Waals surface area contributed by atoms with Crippen LogP contribution in [0, 0.1) is 5.92 Å². The van der Waals surface area contributed by atoms with Gasteiger partial charge in [-0.05, 0) is 31.6 Å². The first-order valence-electron chi connectivity index (χ1n) is 16.5. The number of hydrogen-bond acceptors (Lipinski definition) is 12. The lowest BCUT2D eigenvalue weighted by Crippen LogP contribution is -2.54. The molecule has 21 heteroatoms. The van der Waals surface area contributed by atoms with Crippen molar-refractivity contribution in [3.63, 3.8) is 0 Å². The molecule has 9 N–H and O–H groups in total. The second-order valence-corrected chi connectivity index (χ2v) is 14.1. The van der Waals surface area contributed by atoms with Crippen LogP contribution in [0.25, 0.3) is 0 Å². The number of nitrogens with two attached hydrogens (primary N) is 2. The Kier molecular flexibility index (Phi) is 11.9. The number of thioether (sulfide) groups is 1. The van der Waals surface area contributed by atoms with Crippen LogP contribution in [0.3, 0.4) is 0 Å². The molecule has 272 valence electrons. The third-order valence-corrected chi connectivity index (χ3v) is 10.9. The molecule has 3 aliphatic rings. The molecule has 1 spiro atoms. The van der Waals surface area contributed by atoms with Crippen molar-refractivity contribution in [3.05, 3.63) is 23.8 Å². The number of fused-ring (bicyclic) bond motifs is 2. The number of rotatable bonds is 19. The number of carbonyl (C=O) groups excluding carboxylic acids is 6. The summed E-state index contributed by atoms with van der Waals surface area (Å²) < 4.78 is 0.0255. The number of aromatic amines is 2. The minimum atomic E-state index is -1.12. The van der Waals surface area contributed by atoms with Gasteiger partial charge in [0.1, 0.15) is 24.0 Å². The molecule has 3 fully saturated rings. The Balaban J connectivity index is 1.17. The van der Waals surface area contributed by atoms with Gasteiger partial charge >= 0.3 is 6.03 Å². The molecule has 4 heterocycles. The van der Waals surface area contributed by atoms with Gasteiger partial charge in [0.25, 0.3) is 0 Å². The minimum absolute atomic E-state index is 0.0255. The summed E-state index contributed by atoms with van der Waals surface area (Å²) in [6, 6.07) is -0.994. The average molecular weight is 717 g/mol. The molecule has 2 aliphatic heterocycles. The van der Waals surface area contributed by atoms with Crippen LogP contribution in [0.2, 0.25) is 0 Å². The summed E-state index contributed by atoms with van der Waals surface area (Å²) in [6.45, 7) is 0.405. The van der Waals surface area contributed by atoms with Gasteiger partial charge < -0.3 is 42.1 Å². The minimum Gasteiger partial charge on any atom is -0.368 e. The van der Waals surface area contributed by atoms with E-state index in [2.05, 4.69) is 46.8 Å². The van der Waals surface area contributed by atoms with E-state index < -0.39 is 42.8 Å². The highest BCUT2D eigenvalue weighted by atomic mass is 32.2. The fraction of sp³-hybridized carbons (Fsp3) is 0.655. The van der Waals surface area contributed by atoms with Crippen molar-refractivity contribution < 1.29 is 28.8 Å². The highest BCUT2D eigenvalue weighted by molar-refractivity contribution is 8.01. The van der Waals surface area contributed by atoms with Crippen LogP contribution in [0.4, 0.5) is 4.79 Å². The van der Waals surface area contributed by atoms with Gasteiger partial charge in [-0.25, -0.2) is 4.79 Å². The summed E-state index contributed by atoms with van der Waals surface area (Å²) in [5.74, 6) is -1.51. The summed E-state index contributed by atoms with van der Waals surface area (Å²) in [5, 5.41) is 29.0. The number of aromatic nitrogens is 6. The molecule has 4 unspecified atom stereocenters. The third kappa shape index (κ3) is 8.86. The van der Waals surface area contributed by atoms with Crippen molar-refractivity contribution in [3.8, 4) is 0 Å². The molecule has 0 radical (unpaired) electrons. The Hall–Kier alpha value is -4.79. The Labute approximate surface area is 291 Å². The zero-order valence-electron chi connectivity index (χ0n) is 27.8. The Bertz CT molecular complexity index is 1530. The van der Waals surface area contributed by atoms with Crippen molar-refractivity contribution >= 4 is 47.3 Å². The van der Waals surface area contributed by atoms with E-state index in [0.29, 0.717) is 30.1 Å². The highest BCUT2D eigenvalue weighted by Crippen LogP contribution is 2.63. The van der Waals surface area contributed by atoms with Crippen molar-refractivity contribution in [2.24, 2.45) is 17.4 Å². The quantitative estimate of drug-likeness (QED) is 0.0725. The molecular formula is C29H44N14O6S. The molecule has 5 atom stereocenters. The van der Waals surface area contributed by atoms with Crippen molar-refractivity contribution in [2.45, 2.75) is 75.0 Å². The van der Waals surface area contributed by atoms with Gasteiger partial charge in [-0.3, -0.25) is 24.0 Å². The monoisotopic (exact) mass is 716 g/mol. The molecular weight excluding hydrogens is 672 g/mol. The zero-order valence-corrected chi connectivity index (χ0v) is 28.6. The van der Waals surface area contributed by atoms with Crippen molar-refractivity contribution in [1.29, 1.82) is 0 Å². The first kappa shape index (κ1) is 36.5. The second kappa shape index (κ2) is 16.3. The van der Waals surface area contributed by atoms with Crippen LogP contribution in [0.15, 0.2) is 12.4 Å². The predicted octanol–water partition coefficient (Wildman–Crippen LogP) is -2.83. The SMILES string of the molecule is CCCN(CC(=O)N(CC(N)=O)Cc1cn[nH]n1)C(=O)CN(Cc1cn[nH]n1)C(=O)C(CN)NC(=O)CCCC1CC12SC[C@@H]1NC(=O)NC12. The predicted molar refractivity (Wildman–Crippen MR) is 177 cm³/mol. The van der Waals surface area contributed by atoms with E-state index in [0.717, 1.165) is 18.6 Å². The maximum Gasteiger partial charge on any atom is 0.315 e. The van der Waals surface area contributed by atoms with Gasteiger partial charge in [0.15, 0.2) is 0 Å². The van der Waals surface area contributed by atoms with E-state index in [9.17, 15) is 28.8 Å². The van der Waals surface area contributed by atoms with Crippen LogP contribution in [-0.2, 0) is 37.1 Å². The molecule has 2 aromatic heterocycles. The number of primary amides is 1. The van der Waals surface area contributed by atoms with Gasteiger partial charge in [-0.2, -0.15) is 42.6 Å². The molecule has 1 aliphatic carbocycles. The standard InChI is InChI=1S/C29H44N14O6S/c1-2-6-41(14-25(47)42(13-22(31)44)11-18-9-32-39-37-18)24(46)15-43(12-19-10-33-40-38-19)27(48)20(8-30)34-23(45)5-3-4-17-7-29(17)26-21(16-50-29)35-28(49)36-26/h9-10,17,20-21,26H,2-8,11-16,30H2,1H3,(H2,31,44)(H,34,45)(H,32,37,39)(H,33,38,40)(H2,35,36,49)/t17?,20?,21-,26?,29?/m0/s1. The molecule has 5 rings (SSSR count). The Morgan fingerprint density at radius 2 is 1.66 bits per heavy atom. The number of nitrogens with one attached hydrogen (secondary N) is 5. The second-order valence-electron chi connectivity index (χ2n) is 12.8. The number of urea groups is 1. The van der Waals surface area contributed by atoms with E-state index in [1.807, 2.05) is 18.7 Å². The van der Waals surface area contributed by atoms with Crippen LogP contribution in [0.5, 0.6) is 0 Å². The lowest BCUT2D eigenvalue weighted by Gasteiger charge is -2.30. The molecule has 0 bridgehead atoms. The van der Waals surface area contributed by atoms with Gasteiger partial charge in [0.2, 0.25) is 29.5 Å². The van der Waals surface area contributed by atoms with Gasteiger partial charge in [-0.1, -0.05) is 6.92 Å². The molecule has 2 saturated heterocycles. The van der Waals surface area contributed by atoms with E-state index >= 15 is 0 Å². The molecule has 50 heavy (non-hydrogen) atoms. The lowest BCUT2D eigenvalue weighted by molar-refractivity contribution is -0.146. The average Bonchev–Trinajstić information content (AvgIpc) is 3.64. The molecule has 7 amide bonds. The maximum absolute atomic E-state index is 13.8. The van der Waals surface area contributed by atoms with Gasteiger partial charge in [0.05, 0.1) is 50.7 Å². The molecule has 20 nitrogen and oxygen atoms in total. The zero-order chi connectivity index (χ0) is 35.8. The number of amides is 7. The van der Waals surface area contributed by atoms with Crippen molar-refractivity contribution in [1.82, 2.24) is 61.5 Å². The van der Waals surface area contributed by atoms with Gasteiger partial charge in [0, 0.05) is 30.0 Å². The smallest absolute Gasteiger partial charge is 0.315 e. The van der Waals surface area contributed by atoms with Crippen molar-refractivity contribution in [2.75, 3.05) is 38.5 Å². The number of carbonyl (C=O) groups is 6. The molecule has 2 aromatic rings. The fourth-order valence-corrected chi connectivity index (χ4v) is 8.47. The first-order chi connectivity index (χ1) is 24.0. The molecule has 0 aromatic carbocycles. The highest BCUT2D eigenvalue weighted by Gasteiger charge is 2.66. The lowest BCUT2D eigenvalue weighted by atomic mass is 10.0. The number of hydrogen-bond donors (Lipinski definition) is 7. The van der Waals surface area contributed by atoms with E-state index in [1.165, 1.54) is 27.1 Å². The van der Waals surface area contributed by atoms with E-state index in [-0.39, 0.29) is 67.9 Å². The maximum atomic E-state index is 13.8. The van der Waals surface area contributed by atoms with E-state index in [1.54, 1.807) is 0 Å². The summed E-state index contributed by atoms with van der Waals surface area (Å²) in [4.78, 5) is 80.9. The summed E-state index contributed by atoms with van der Waals surface area (Å²) >= 11 is 1.88. The van der Waals surface area contributed by atoms with Crippen LogP contribution < -0.4 is 27.4 Å².